The average Bonchev–Trinajstić information content (AvgIpc) is 2.65. The van der Waals surface area contributed by atoms with Gasteiger partial charge in [0.1, 0.15) is 23.9 Å². The van der Waals surface area contributed by atoms with Crippen LogP contribution in [-0.2, 0) is 16.1 Å². The summed E-state index contributed by atoms with van der Waals surface area (Å²) in [6.45, 7) is -2.12. The number of hydrogen-bond acceptors (Lipinski definition) is 4. The van der Waals surface area contributed by atoms with E-state index in [2.05, 4.69) is 10.1 Å². The Morgan fingerprint density at radius 3 is 2.04 bits per heavy atom. The van der Waals surface area contributed by atoms with Gasteiger partial charge in [-0.25, -0.2) is 9.18 Å². The molecule has 0 bridgehead atoms. The van der Waals surface area contributed by atoms with Crippen molar-refractivity contribution in [2.75, 3.05) is 13.2 Å². The normalized spacial score (nSPS) is 10.9. The number of ether oxygens (including phenoxy) is 2. The fourth-order valence-electron chi connectivity index (χ4n) is 1.93. The van der Waals surface area contributed by atoms with E-state index in [0.717, 1.165) is 5.56 Å². The Morgan fingerprint density at radius 1 is 0.893 bits per heavy atom. The van der Waals surface area contributed by atoms with Crippen molar-refractivity contribution in [3.8, 4) is 11.5 Å². The third-order valence-electron chi connectivity index (χ3n) is 3.22. The largest absolute Gasteiger partial charge is 0.457 e. The SMILES string of the molecule is O=C(CNC(=O)OCC(F)(F)F)NCc1ccc(Oc2ccc(F)cc2)cc1. The van der Waals surface area contributed by atoms with Gasteiger partial charge < -0.3 is 20.1 Å². The van der Waals surface area contributed by atoms with E-state index in [4.69, 9.17) is 4.74 Å². The molecule has 0 unspecified atom stereocenters. The van der Waals surface area contributed by atoms with Crippen molar-refractivity contribution < 1.29 is 36.6 Å². The van der Waals surface area contributed by atoms with Crippen molar-refractivity contribution in [3.05, 3.63) is 59.9 Å². The summed E-state index contributed by atoms with van der Waals surface area (Å²) >= 11 is 0. The predicted octanol–water partition coefficient (Wildman–Crippen LogP) is 3.52. The van der Waals surface area contributed by atoms with Crippen molar-refractivity contribution in [1.29, 1.82) is 0 Å². The predicted molar refractivity (Wildman–Crippen MR) is 90.2 cm³/mol. The monoisotopic (exact) mass is 400 g/mol. The van der Waals surface area contributed by atoms with Gasteiger partial charge in [0, 0.05) is 6.54 Å². The lowest BCUT2D eigenvalue weighted by Crippen LogP contribution is -2.37. The third kappa shape index (κ3) is 7.94. The van der Waals surface area contributed by atoms with Crippen molar-refractivity contribution in [2.24, 2.45) is 0 Å². The Labute approximate surface area is 157 Å². The molecule has 0 atom stereocenters. The molecular weight excluding hydrogens is 384 g/mol. The number of alkyl halides is 3. The maximum Gasteiger partial charge on any atom is 0.422 e. The van der Waals surface area contributed by atoms with Crippen molar-refractivity contribution in [1.82, 2.24) is 10.6 Å². The van der Waals surface area contributed by atoms with E-state index in [0.29, 0.717) is 11.5 Å². The van der Waals surface area contributed by atoms with E-state index in [9.17, 15) is 27.2 Å². The zero-order chi connectivity index (χ0) is 20.6. The molecule has 0 heterocycles. The number of nitrogens with one attached hydrogen (secondary N) is 2. The minimum atomic E-state index is -4.63. The number of carbonyl (C=O) groups excluding carboxylic acids is 2. The van der Waals surface area contributed by atoms with E-state index >= 15 is 0 Å². The summed E-state index contributed by atoms with van der Waals surface area (Å²) in [4.78, 5) is 22.6. The highest BCUT2D eigenvalue weighted by Crippen LogP contribution is 2.21. The lowest BCUT2D eigenvalue weighted by molar-refractivity contribution is -0.160. The Kier molecular flexibility index (Phi) is 7.19. The van der Waals surface area contributed by atoms with Gasteiger partial charge in [-0.05, 0) is 42.0 Å². The lowest BCUT2D eigenvalue weighted by Gasteiger charge is -2.10. The first-order valence-electron chi connectivity index (χ1n) is 7.98. The van der Waals surface area contributed by atoms with Gasteiger partial charge in [0.25, 0.3) is 0 Å². The Hall–Kier alpha value is -3.30. The maximum atomic E-state index is 12.8. The molecule has 28 heavy (non-hydrogen) atoms. The third-order valence-corrected chi connectivity index (χ3v) is 3.22. The van der Waals surface area contributed by atoms with Gasteiger partial charge in [0.2, 0.25) is 5.91 Å². The van der Waals surface area contributed by atoms with Gasteiger partial charge in [0.15, 0.2) is 6.61 Å². The van der Waals surface area contributed by atoms with Crippen LogP contribution in [0.15, 0.2) is 48.5 Å². The minimum absolute atomic E-state index is 0.134. The van der Waals surface area contributed by atoms with Crippen LogP contribution in [-0.4, -0.2) is 31.3 Å². The van der Waals surface area contributed by atoms with E-state index in [1.54, 1.807) is 24.3 Å². The van der Waals surface area contributed by atoms with Gasteiger partial charge in [-0.2, -0.15) is 13.2 Å². The number of alkyl carbamates (subject to hydrolysis) is 1. The summed E-state index contributed by atoms with van der Waals surface area (Å²) in [5.74, 6) is -0.00108. The number of carbonyl (C=O) groups is 2. The molecule has 0 aliphatic carbocycles. The van der Waals surface area contributed by atoms with Gasteiger partial charge in [-0.15, -0.1) is 0 Å². The maximum absolute atomic E-state index is 12.8. The van der Waals surface area contributed by atoms with Gasteiger partial charge in [-0.3, -0.25) is 4.79 Å². The van der Waals surface area contributed by atoms with Crippen LogP contribution >= 0.6 is 0 Å². The second-order valence-corrected chi connectivity index (χ2v) is 5.52. The summed E-state index contributed by atoms with van der Waals surface area (Å²) in [6, 6.07) is 12.2. The molecule has 150 valence electrons. The van der Waals surface area contributed by atoms with Gasteiger partial charge >= 0.3 is 12.3 Å². The van der Waals surface area contributed by atoms with Crippen molar-refractivity contribution in [2.45, 2.75) is 12.7 Å². The van der Waals surface area contributed by atoms with Crippen LogP contribution in [0.3, 0.4) is 0 Å². The molecule has 2 aromatic carbocycles. The Bertz CT molecular complexity index is 793. The first-order valence-corrected chi connectivity index (χ1v) is 7.98. The molecule has 0 spiro atoms. The quantitative estimate of drug-likeness (QED) is 0.698. The standard InChI is InChI=1S/C18H16F4N2O4/c19-13-3-7-15(8-4-13)28-14-5-1-12(2-6-14)9-23-16(25)10-24-17(26)27-11-18(20,21)22/h1-8H,9-11H2,(H,23,25)(H,24,26). The molecule has 2 N–H and O–H groups in total. The van der Waals surface area contributed by atoms with Crippen molar-refractivity contribution in [3.63, 3.8) is 0 Å². The van der Waals surface area contributed by atoms with E-state index in [1.165, 1.54) is 24.3 Å². The number of rotatable bonds is 7. The number of amides is 2. The topological polar surface area (TPSA) is 76.7 Å². The fourth-order valence-corrected chi connectivity index (χ4v) is 1.93. The average molecular weight is 400 g/mol. The van der Waals surface area contributed by atoms with Crippen LogP contribution in [0.5, 0.6) is 11.5 Å². The summed E-state index contributed by atoms with van der Waals surface area (Å²) in [5, 5.41) is 4.40. The van der Waals surface area contributed by atoms with E-state index < -0.39 is 31.3 Å². The fraction of sp³-hybridized carbons (Fsp3) is 0.222. The second-order valence-electron chi connectivity index (χ2n) is 5.52. The highest BCUT2D eigenvalue weighted by atomic mass is 19.4. The molecular formula is C18H16F4N2O4. The number of halogens is 4. The first-order chi connectivity index (χ1) is 13.2. The van der Waals surface area contributed by atoms with Crippen LogP contribution in [0.1, 0.15) is 5.56 Å². The lowest BCUT2D eigenvalue weighted by atomic mass is 10.2. The molecule has 0 aliphatic rings. The highest BCUT2D eigenvalue weighted by molar-refractivity contribution is 5.82. The van der Waals surface area contributed by atoms with Crippen LogP contribution in [0.25, 0.3) is 0 Å². The Morgan fingerprint density at radius 2 is 1.46 bits per heavy atom. The van der Waals surface area contributed by atoms with Gasteiger partial charge in [-0.1, -0.05) is 12.1 Å². The summed E-state index contributed by atoms with van der Waals surface area (Å²) in [6.07, 6.45) is -5.97. The molecule has 2 aromatic rings. The van der Waals surface area contributed by atoms with Crippen LogP contribution < -0.4 is 15.4 Å². The minimum Gasteiger partial charge on any atom is -0.457 e. The van der Waals surface area contributed by atoms with Crippen LogP contribution in [0.2, 0.25) is 0 Å². The molecule has 0 saturated heterocycles. The van der Waals surface area contributed by atoms with Crippen LogP contribution in [0.4, 0.5) is 22.4 Å². The molecule has 0 saturated carbocycles. The molecule has 10 heteroatoms. The molecule has 0 aliphatic heterocycles. The van der Waals surface area contributed by atoms with Crippen LogP contribution in [0, 0.1) is 5.82 Å². The van der Waals surface area contributed by atoms with Crippen molar-refractivity contribution >= 4 is 12.0 Å². The first kappa shape index (κ1) is 21.0. The summed E-state index contributed by atoms with van der Waals surface area (Å²) in [7, 11) is 0. The molecule has 0 radical (unpaired) electrons. The summed E-state index contributed by atoms with van der Waals surface area (Å²) in [5.41, 5.74) is 0.722. The van der Waals surface area contributed by atoms with E-state index in [1.807, 2.05) is 5.32 Å². The summed E-state index contributed by atoms with van der Waals surface area (Å²) < 4.78 is 57.9. The molecule has 2 amide bonds. The molecule has 6 nitrogen and oxygen atoms in total. The van der Waals surface area contributed by atoms with Gasteiger partial charge in [0.05, 0.1) is 0 Å². The molecule has 0 fully saturated rings. The zero-order valence-electron chi connectivity index (χ0n) is 14.4. The molecule has 2 rings (SSSR count). The number of benzene rings is 2. The smallest absolute Gasteiger partial charge is 0.422 e. The molecule has 0 aromatic heterocycles. The highest BCUT2D eigenvalue weighted by Gasteiger charge is 2.29. The van der Waals surface area contributed by atoms with E-state index in [-0.39, 0.29) is 12.4 Å². The number of hydrogen-bond donors (Lipinski definition) is 2. The Balaban J connectivity index is 1.71. The zero-order valence-corrected chi connectivity index (χ0v) is 14.4. The second kappa shape index (κ2) is 9.58.